The Bertz CT molecular complexity index is 3450. The summed E-state index contributed by atoms with van der Waals surface area (Å²) in [6.07, 6.45) is -13.5. The highest BCUT2D eigenvalue weighted by Crippen LogP contribution is 2.68. The predicted molar refractivity (Wildman–Crippen MR) is 237 cm³/mol. The van der Waals surface area contributed by atoms with Crippen molar-refractivity contribution in [3.63, 3.8) is 0 Å². The number of hydrogen-bond donors (Lipinski definition) is 13. The van der Waals surface area contributed by atoms with Crippen LogP contribution in [-0.2, 0) is 66.2 Å². The first-order valence-corrected chi connectivity index (χ1v) is 27.1. The van der Waals surface area contributed by atoms with Gasteiger partial charge in [-0.25, -0.2) is 42.8 Å². The second-order valence-electron chi connectivity index (χ2n) is 16.6. The molecule has 6 aromatic heterocycles. The molecule has 3 fully saturated rings. The number of imidazole rings is 3. The number of ether oxygens (including phenoxy) is 3. The minimum Gasteiger partial charge on any atom is -0.387 e. The molecule has 74 heavy (non-hydrogen) atoms. The second-order valence-corrected chi connectivity index (χ2v) is 22.7. The topological polar surface area (TPSA) is 553 Å². The molecule has 38 nitrogen and oxygen atoms in total. The van der Waals surface area contributed by atoms with Crippen LogP contribution in [0.25, 0.3) is 33.5 Å². The number of aliphatic hydroxyl groups is 4. The van der Waals surface area contributed by atoms with Crippen molar-refractivity contribution in [2.45, 2.75) is 74.4 Å². The molecule has 6 aromatic rings. The maximum absolute atomic E-state index is 13.6. The van der Waals surface area contributed by atoms with E-state index < -0.39 is 136 Å². The number of hydrogen-bond acceptors (Lipinski definition) is 28. The number of aliphatic hydroxyl groups excluding tert-OH is 4. The van der Waals surface area contributed by atoms with Crippen LogP contribution >= 0.6 is 31.3 Å². The third-order valence-electron chi connectivity index (χ3n) is 11.6. The Kier molecular flexibility index (Phi) is 14.4. The standard InChI is InChI=1S/C32H43N15O23P4/c1-10-21(68-71(54,55)62-3-11-17(48)19(50)29(65-11)46-8-39-15-24(46)40-31(34)42-26(15)52)13(67-28(10)45-7-38-14-22(33)36-6-37-23(14)45)5-64-73(58,59)70-74(60,61)69-72(56,57)63-4-12-18(49)20(51)30(66-12)47-9-44(2)16-25(47)41-32(35)43-27(16)53/h6-13,17-21,28-30,48-51H,3-5H2,1-2H3,(H11-,33,34,35,36,37,40,41,42,43,52,53,54,55,56,57,58,59,60,61)/p+1/t10-,11+,12+,13+,17?,18-,19-,20?,21?,28+,29+,30+/m0/s1. The molecule has 16 atom stereocenters. The highest BCUT2D eigenvalue weighted by atomic mass is 31.3. The molecule has 3 aliphatic rings. The molecule has 0 aliphatic carbocycles. The van der Waals surface area contributed by atoms with Crippen LogP contribution in [0.4, 0.5) is 17.7 Å². The molecule has 404 valence electrons. The highest BCUT2D eigenvalue weighted by Gasteiger charge is 2.52. The number of fused-ring (bicyclic) bond motifs is 3. The van der Waals surface area contributed by atoms with Crippen LogP contribution in [-0.4, -0.2) is 162 Å². The lowest BCUT2D eigenvalue weighted by molar-refractivity contribution is -0.745. The fourth-order valence-electron chi connectivity index (χ4n) is 8.34. The molecule has 0 bridgehead atoms. The van der Waals surface area contributed by atoms with Crippen LogP contribution in [0, 0.1) is 5.92 Å². The Hall–Kier alpha value is -5.11. The fraction of sp³-hybridized carbons (Fsp3) is 0.531. The lowest BCUT2D eigenvalue weighted by atomic mass is 10.0. The van der Waals surface area contributed by atoms with Crippen LogP contribution in [0.3, 0.4) is 0 Å². The molecule has 0 amide bonds. The number of nitrogen functional groups attached to an aromatic ring is 3. The lowest BCUT2D eigenvalue weighted by Gasteiger charge is -2.25. The molecule has 3 saturated heterocycles. The molecule has 16 N–H and O–H groups in total. The van der Waals surface area contributed by atoms with E-state index in [0.29, 0.717) is 0 Å². The van der Waals surface area contributed by atoms with E-state index in [4.69, 9.17) is 45.0 Å². The number of phosphoric acid groups is 4. The normalized spacial score (nSPS) is 30.7. The van der Waals surface area contributed by atoms with Gasteiger partial charge in [-0.2, -0.15) is 13.6 Å². The van der Waals surface area contributed by atoms with Crippen molar-refractivity contribution in [3.8, 4) is 0 Å². The Morgan fingerprint density at radius 3 is 1.91 bits per heavy atom. The van der Waals surface area contributed by atoms with Crippen molar-refractivity contribution in [1.82, 2.24) is 53.6 Å². The van der Waals surface area contributed by atoms with Gasteiger partial charge >= 0.3 is 36.9 Å². The van der Waals surface area contributed by atoms with Crippen LogP contribution in [0.2, 0.25) is 0 Å². The van der Waals surface area contributed by atoms with E-state index in [1.807, 2.05) is 0 Å². The molecular weight excluding hydrogens is 1090 g/mol. The second kappa shape index (κ2) is 19.8. The third-order valence-corrected chi connectivity index (χ3v) is 16.9. The molecule has 0 aromatic carbocycles. The number of anilines is 3. The van der Waals surface area contributed by atoms with E-state index in [1.165, 1.54) is 35.8 Å². The minimum absolute atomic E-state index is 0.0192. The molecule has 42 heteroatoms. The highest BCUT2D eigenvalue weighted by molar-refractivity contribution is 7.66. The minimum atomic E-state index is -6.17. The largest absolute Gasteiger partial charge is 0.490 e. The van der Waals surface area contributed by atoms with E-state index in [0.717, 1.165) is 21.8 Å². The third kappa shape index (κ3) is 10.6. The van der Waals surface area contributed by atoms with Gasteiger partial charge in [0.15, 0.2) is 35.2 Å². The molecule has 0 saturated carbocycles. The van der Waals surface area contributed by atoms with Gasteiger partial charge in [0.2, 0.25) is 17.7 Å². The first kappa shape index (κ1) is 53.7. The van der Waals surface area contributed by atoms with Crippen LogP contribution in [0.1, 0.15) is 25.6 Å². The Morgan fingerprint density at radius 1 is 0.676 bits per heavy atom. The maximum Gasteiger partial charge on any atom is 0.490 e. The lowest BCUT2D eigenvalue weighted by Crippen LogP contribution is -2.46. The number of nitrogens with zero attached hydrogens (tertiary/aromatic N) is 10. The van der Waals surface area contributed by atoms with Gasteiger partial charge in [0.1, 0.15) is 66.9 Å². The number of aromatic nitrogens is 12. The number of rotatable bonds is 18. The van der Waals surface area contributed by atoms with E-state index >= 15 is 0 Å². The van der Waals surface area contributed by atoms with E-state index in [-0.39, 0.29) is 51.2 Å². The number of aromatic amines is 2. The van der Waals surface area contributed by atoms with Crippen molar-refractivity contribution in [3.05, 3.63) is 46.0 Å². The smallest absolute Gasteiger partial charge is 0.387 e. The van der Waals surface area contributed by atoms with Crippen molar-refractivity contribution >= 4 is 82.5 Å². The molecule has 7 unspecified atom stereocenters. The monoisotopic (exact) mass is 1130 g/mol. The zero-order valence-electron chi connectivity index (χ0n) is 37.6. The predicted octanol–water partition coefficient (Wildman–Crippen LogP) is -4.09. The van der Waals surface area contributed by atoms with Crippen LogP contribution < -0.4 is 32.9 Å². The first-order chi connectivity index (χ1) is 34.6. The van der Waals surface area contributed by atoms with Crippen molar-refractivity contribution in [2.24, 2.45) is 13.0 Å². The number of nitrogens with one attached hydrogen (secondary N) is 2. The van der Waals surface area contributed by atoms with Crippen molar-refractivity contribution < 1.29 is 104 Å². The summed E-state index contributed by atoms with van der Waals surface area (Å²) in [5, 5.41) is 43.1. The first-order valence-electron chi connectivity index (χ1n) is 21.1. The Labute approximate surface area is 409 Å². The molecule has 0 radical (unpaired) electrons. The summed E-state index contributed by atoms with van der Waals surface area (Å²) in [7, 11) is -21.8. The average Bonchev–Trinajstić information content (AvgIpc) is 4.15. The van der Waals surface area contributed by atoms with Crippen LogP contribution in [0.5, 0.6) is 0 Å². The summed E-state index contributed by atoms with van der Waals surface area (Å²) in [4.78, 5) is 95.6. The van der Waals surface area contributed by atoms with Gasteiger partial charge in [0, 0.05) is 5.92 Å². The molecule has 9 heterocycles. The fourth-order valence-corrected chi connectivity index (χ4v) is 12.9. The SMILES string of the molecule is C[C@H]1C(OP(=O)(O)OC[C@H]2O[C@@H](n3cnc4c(=O)[nH]c(N)nc43)[C@@H](O)C2O)[C@@H](COP(=O)(O)OP(=O)(O)OP(=O)(O)OC[C@H]2O[C@@H]([n+]3cn(C)c4c(=O)[nH]c(N)nc43)C(O)[C@H]2O)O[C@H]1n1cnc2c(N)ncnc21. The summed E-state index contributed by atoms with van der Waals surface area (Å²) >= 11 is 0. The summed E-state index contributed by atoms with van der Waals surface area (Å²) < 4.78 is 103. The van der Waals surface area contributed by atoms with Gasteiger partial charge in [-0.15, -0.1) is 0 Å². The summed E-state index contributed by atoms with van der Waals surface area (Å²) in [6.45, 7) is -1.87. The molecule has 3 aliphatic heterocycles. The van der Waals surface area contributed by atoms with Gasteiger partial charge in [-0.3, -0.25) is 51.4 Å². The van der Waals surface area contributed by atoms with Gasteiger partial charge in [0.25, 0.3) is 17.1 Å². The van der Waals surface area contributed by atoms with E-state index in [1.54, 1.807) is 0 Å². The van der Waals surface area contributed by atoms with Crippen molar-refractivity contribution in [2.75, 3.05) is 37.0 Å². The van der Waals surface area contributed by atoms with E-state index in [2.05, 4.69) is 53.0 Å². The van der Waals surface area contributed by atoms with Crippen molar-refractivity contribution in [1.29, 1.82) is 0 Å². The zero-order chi connectivity index (χ0) is 53.6. The number of aryl methyl sites for hydroxylation is 1. The van der Waals surface area contributed by atoms with Crippen LogP contribution in [0.15, 0.2) is 34.9 Å². The number of H-pyrrole nitrogens is 2. The molecule has 0 spiro atoms. The van der Waals surface area contributed by atoms with Gasteiger partial charge in [0.05, 0.1) is 39.5 Å². The van der Waals surface area contributed by atoms with Gasteiger partial charge < -0.3 is 71.4 Å². The Morgan fingerprint density at radius 2 is 1.23 bits per heavy atom. The quantitative estimate of drug-likeness (QED) is 0.0287. The van der Waals surface area contributed by atoms with Gasteiger partial charge in [-0.05, 0) is 0 Å². The number of nitrogens with two attached hydrogens (primary N) is 3. The maximum atomic E-state index is 13.6. The molecule has 9 rings (SSSR count). The zero-order valence-corrected chi connectivity index (χ0v) is 41.1. The molecular formula is C32H44N15O23P4+. The van der Waals surface area contributed by atoms with Gasteiger partial charge in [-0.1, -0.05) is 11.9 Å². The Balaban J connectivity index is 0.850. The number of phosphoric ester groups is 3. The average molecular weight is 1130 g/mol. The summed E-state index contributed by atoms with van der Waals surface area (Å²) in [6, 6.07) is 0. The van der Waals surface area contributed by atoms with E-state index in [9.17, 15) is 67.8 Å². The summed E-state index contributed by atoms with van der Waals surface area (Å²) in [5.41, 5.74) is 15.6. The summed E-state index contributed by atoms with van der Waals surface area (Å²) in [5.74, 6) is -1.76.